The summed E-state index contributed by atoms with van der Waals surface area (Å²) in [5.41, 5.74) is 10.3. The first-order chi connectivity index (χ1) is 11.5. The first-order valence-electron chi connectivity index (χ1n) is 7.06. The molecule has 0 radical (unpaired) electrons. The molecular formula is C17H16N6O. The average Bonchev–Trinajstić information content (AvgIpc) is 2.55. The molecule has 24 heavy (non-hydrogen) atoms. The van der Waals surface area contributed by atoms with E-state index in [1.165, 1.54) is 0 Å². The fourth-order valence-electron chi connectivity index (χ4n) is 1.92. The van der Waals surface area contributed by atoms with Gasteiger partial charge in [0.15, 0.2) is 5.84 Å². The maximum absolute atomic E-state index is 12.2. The molecule has 2 rings (SSSR count). The van der Waals surface area contributed by atoms with Crippen LogP contribution in [0.25, 0.3) is 0 Å². The van der Waals surface area contributed by atoms with Crippen LogP contribution in [0.5, 0.6) is 0 Å². The molecule has 0 unspecified atom stereocenters. The molecule has 0 aromatic heterocycles. The Morgan fingerprint density at radius 3 is 2.58 bits per heavy atom. The zero-order valence-corrected chi connectivity index (χ0v) is 13.0. The lowest BCUT2D eigenvalue weighted by molar-refractivity contribution is 0.102. The molecule has 0 spiro atoms. The number of nitriles is 1. The molecule has 0 aliphatic rings. The van der Waals surface area contributed by atoms with E-state index in [0.717, 1.165) is 5.56 Å². The maximum atomic E-state index is 12.2. The van der Waals surface area contributed by atoms with Crippen LogP contribution in [0.3, 0.4) is 0 Å². The Hall–Kier alpha value is -3.66. The van der Waals surface area contributed by atoms with Crippen molar-refractivity contribution in [2.24, 2.45) is 10.8 Å². The summed E-state index contributed by atoms with van der Waals surface area (Å²) in [4.78, 5) is 12.2. The normalized spacial score (nSPS) is 10.6. The van der Waals surface area contributed by atoms with Crippen LogP contribution in [0.1, 0.15) is 15.9 Å². The highest BCUT2D eigenvalue weighted by molar-refractivity contribution is 6.45. The smallest absolute Gasteiger partial charge is 0.255 e. The van der Waals surface area contributed by atoms with Crippen molar-refractivity contribution in [1.82, 2.24) is 0 Å². The predicted molar refractivity (Wildman–Crippen MR) is 94.2 cm³/mol. The minimum absolute atomic E-state index is 0.218. The molecule has 120 valence electrons. The van der Waals surface area contributed by atoms with Crippen molar-refractivity contribution in [2.45, 2.75) is 6.92 Å². The van der Waals surface area contributed by atoms with E-state index in [1.54, 1.807) is 42.5 Å². The third kappa shape index (κ3) is 4.42. The summed E-state index contributed by atoms with van der Waals surface area (Å²) < 4.78 is 0. The molecule has 0 aliphatic carbocycles. The van der Waals surface area contributed by atoms with Crippen molar-refractivity contribution in [2.75, 3.05) is 10.7 Å². The number of hydrogen-bond acceptors (Lipinski definition) is 5. The number of rotatable bonds is 5. The number of nitrogens with zero attached hydrogens (tertiary/aromatic N) is 2. The van der Waals surface area contributed by atoms with Gasteiger partial charge in [-0.05, 0) is 37.3 Å². The van der Waals surface area contributed by atoms with E-state index in [1.807, 2.05) is 19.1 Å². The Bertz CT molecular complexity index is 850. The summed E-state index contributed by atoms with van der Waals surface area (Å²) >= 11 is 0. The Balaban J connectivity index is 2.12. The summed E-state index contributed by atoms with van der Waals surface area (Å²) in [5, 5.41) is 22.5. The number of amides is 1. The quantitative estimate of drug-likeness (QED) is 0.383. The Morgan fingerprint density at radius 2 is 1.92 bits per heavy atom. The van der Waals surface area contributed by atoms with E-state index < -0.39 is 5.84 Å². The number of carbonyl (C=O) groups is 1. The molecule has 2 aromatic rings. The second kappa shape index (κ2) is 7.56. The third-order valence-electron chi connectivity index (χ3n) is 3.06. The van der Waals surface area contributed by atoms with Gasteiger partial charge in [0.1, 0.15) is 6.07 Å². The first-order valence-corrected chi connectivity index (χ1v) is 7.06. The van der Waals surface area contributed by atoms with Gasteiger partial charge in [0, 0.05) is 11.3 Å². The monoisotopic (exact) mass is 320 g/mol. The SMILES string of the molecule is Cc1cccc(C(=O)Nc2cccc(N/N=C(\C#N)C(=N)N)c2)c1. The van der Waals surface area contributed by atoms with Crippen molar-refractivity contribution < 1.29 is 4.79 Å². The lowest BCUT2D eigenvalue weighted by Gasteiger charge is -2.08. The molecule has 0 atom stereocenters. The van der Waals surface area contributed by atoms with E-state index in [9.17, 15) is 4.79 Å². The van der Waals surface area contributed by atoms with Crippen molar-refractivity contribution in [3.8, 4) is 6.07 Å². The summed E-state index contributed by atoms with van der Waals surface area (Å²) in [7, 11) is 0. The van der Waals surface area contributed by atoms with Crippen LogP contribution < -0.4 is 16.5 Å². The number of nitrogens with one attached hydrogen (secondary N) is 3. The number of benzene rings is 2. The Kier molecular flexibility index (Phi) is 5.26. The van der Waals surface area contributed by atoms with Crippen molar-refractivity contribution in [3.05, 3.63) is 59.7 Å². The van der Waals surface area contributed by atoms with E-state index in [4.69, 9.17) is 16.4 Å². The molecular weight excluding hydrogens is 304 g/mol. The third-order valence-corrected chi connectivity index (χ3v) is 3.06. The molecule has 1 amide bonds. The zero-order valence-electron chi connectivity index (χ0n) is 13.0. The van der Waals surface area contributed by atoms with Gasteiger partial charge in [-0.25, -0.2) is 0 Å². The molecule has 5 N–H and O–H groups in total. The Labute approximate surface area is 139 Å². The average molecular weight is 320 g/mol. The van der Waals surface area contributed by atoms with Gasteiger partial charge in [0.25, 0.3) is 5.91 Å². The van der Waals surface area contributed by atoms with Crippen LogP contribution in [-0.4, -0.2) is 17.5 Å². The first kappa shape index (κ1) is 16.7. The molecule has 0 saturated heterocycles. The lowest BCUT2D eigenvalue weighted by atomic mass is 10.1. The molecule has 0 bridgehead atoms. The van der Waals surface area contributed by atoms with Gasteiger partial charge in [-0.2, -0.15) is 10.4 Å². The van der Waals surface area contributed by atoms with Gasteiger partial charge in [-0.1, -0.05) is 23.8 Å². The summed E-state index contributed by atoms with van der Waals surface area (Å²) in [6.07, 6.45) is 0. The fraction of sp³-hybridized carbons (Fsp3) is 0.0588. The van der Waals surface area contributed by atoms with Gasteiger partial charge >= 0.3 is 0 Å². The number of carbonyl (C=O) groups excluding carboxylic acids is 1. The van der Waals surface area contributed by atoms with E-state index in [2.05, 4.69) is 15.8 Å². The fourth-order valence-corrected chi connectivity index (χ4v) is 1.92. The highest BCUT2D eigenvalue weighted by Crippen LogP contribution is 2.16. The van der Waals surface area contributed by atoms with Gasteiger partial charge < -0.3 is 11.1 Å². The van der Waals surface area contributed by atoms with Gasteiger partial charge in [-0.3, -0.25) is 15.6 Å². The summed E-state index contributed by atoms with van der Waals surface area (Å²) in [6.45, 7) is 1.92. The zero-order chi connectivity index (χ0) is 17.5. The topological polar surface area (TPSA) is 127 Å². The van der Waals surface area contributed by atoms with E-state index in [0.29, 0.717) is 16.9 Å². The van der Waals surface area contributed by atoms with Crippen molar-refractivity contribution in [3.63, 3.8) is 0 Å². The summed E-state index contributed by atoms with van der Waals surface area (Å²) in [6, 6.07) is 15.8. The van der Waals surface area contributed by atoms with Crippen LogP contribution in [0.2, 0.25) is 0 Å². The van der Waals surface area contributed by atoms with E-state index >= 15 is 0 Å². The second-order valence-electron chi connectivity index (χ2n) is 5.00. The lowest BCUT2D eigenvalue weighted by Crippen LogP contribution is -2.21. The van der Waals surface area contributed by atoms with Gasteiger partial charge in [0.2, 0.25) is 5.71 Å². The number of anilines is 2. The molecule has 2 aromatic carbocycles. The van der Waals surface area contributed by atoms with Crippen molar-refractivity contribution >= 4 is 28.8 Å². The minimum atomic E-state index is -0.422. The molecule has 7 nitrogen and oxygen atoms in total. The van der Waals surface area contributed by atoms with Crippen LogP contribution in [0.15, 0.2) is 53.6 Å². The number of hydrazone groups is 1. The van der Waals surface area contributed by atoms with Crippen LogP contribution in [0, 0.1) is 23.7 Å². The molecule has 0 fully saturated rings. The number of hydrogen-bond donors (Lipinski definition) is 4. The highest BCUT2D eigenvalue weighted by Gasteiger charge is 2.06. The largest absolute Gasteiger partial charge is 0.382 e. The number of nitrogens with two attached hydrogens (primary N) is 1. The van der Waals surface area contributed by atoms with Crippen molar-refractivity contribution in [1.29, 1.82) is 10.7 Å². The molecule has 0 heterocycles. The molecule has 7 heteroatoms. The van der Waals surface area contributed by atoms with Gasteiger partial charge in [-0.15, -0.1) is 0 Å². The number of aryl methyl sites for hydroxylation is 1. The second-order valence-corrected chi connectivity index (χ2v) is 5.00. The highest BCUT2D eigenvalue weighted by atomic mass is 16.1. The van der Waals surface area contributed by atoms with Crippen LogP contribution >= 0.6 is 0 Å². The van der Waals surface area contributed by atoms with E-state index in [-0.39, 0.29) is 11.6 Å². The number of amidine groups is 1. The van der Waals surface area contributed by atoms with Gasteiger partial charge in [0.05, 0.1) is 5.69 Å². The Morgan fingerprint density at radius 1 is 1.21 bits per heavy atom. The standard InChI is InChI=1S/C17H16N6O/c1-11-4-2-5-12(8-11)17(24)21-13-6-3-7-14(9-13)22-23-15(10-18)16(19)20/h2-9,22H,1H3,(H3,19,20)(H,21,24)/b23-15+. The van der Waals surface area contributed by atoms with Crippen LogP contribution in [-0.2, 0) is 0 Å². The summed E-state index contributed by atoms with van der Waals surface area (Å²) in [5.74, 6) is -0.644. The minimum Gasteiger partial charge on any atom is -0.382 e. The van der Waals surface area contributed by atoms with Crippen LogP contribution in [0.4, 0.5) is 11.4 Å². The molecule has 0 saturated carbocycles. The predicted octanol–water partition coefficient (Wildman–Crippen LogP) is 2.47. The maximum Gasteiger partial charge on any atom is 0.255 e. The molecule has 0 aliphatic heterocycles.